The molecule has 0 spiro atoms. The lowest BCUT2D eigenvalue weighted by Gasteiger charge is -2.07. The molecule has 31 heavy (non-hydrogen) atoms. The number of hydrogen-bond acceptors (Lipinski definition) is 6. The number of halogens is 1. The van der Waals surface area contributed by atoms with E-state index in [4.69, 9.17) is 16.3 Å². The molecule has 1 amide bonds. The van der Waals surface area contributed by atoms with E-state index in [0.29, 0.717) is 27.8 Å². The van der Waals surface area contributed by atoms with Crippen LogP contribution in [0.3, 0.4) is 0 Å². The molecule has 0 unspecified atom stereocenters. The minimum atomic E-state index is -0.555. The Hall–Kier alpha value is -4.04. The number of tetrazole rings is 1. The SMILES string of the molecule is O=C(Cn1nnc(-c2ccc(Cl)cc2)n1)Oc1ccc(NC(=O)c2ccccc2)cc1. The van der Waals surface area contributed by atoms with Crippen molar-refractivity contribution >= 4 is 29.2 Å². The van der Waals surface area contributed by atoms with Crippen LogP contribution in [0.25, 0.3) is 11.4 Å². The molecule has 0 aliphatic carbocycles. The van der Waals surface area contributed by atoms with Crippen LogP contribution in [0.15, 0.2) is 78.9 Å². The van der Waals surface area contributed by atoms with Gasteiger partial charge in [0.05, 0.1) is 0 Å². The van der Waals surface area contributed by atoms with E-state index < -0.39 is 5.97 Å². The molecule has 0 bridgehead atoms. The Balaban J connectivity index is 1.33. The van der Waals surface area contributed by atoms with Crippen LogP contribution in [0.5, 0.6) is 5.75 Å². The van der Waals surface area contributed by atoms with Crippen LogP contribution in [0.1, 0.15) is 10.4 Å². The van der Waals surface area contributed by atoms with Crippen molar-refractivity contribution in [1.82, 2.24) is 20.2 Å². The number of aromatic nitrogens is 4. The summed E-state index contributed by atoms with van der Waals surface area (Å²) in [5, 5.41) is 15.4. The molecule has 1 heterocycles. The summed E-state index contributed by atoms with van der Waals surface area (Å²) in [6.45, 7) is -0.201. The van der Waals surface area contributed by atoms with Gasteiger partial charge < -0.3 is 10.1 Å². The van der Waals surface area contributed by atoms with Crippen molar-refractivity contribution in [2.24, 2.45) is 0 Å². The predicted octanol–water partition coefficient (Wildman–Crippen LogP) is 3.85. The first-order valence-electron chi connectivity index (χ1n) is 9.28. The molecular weight excluding hydrogens is 418 g/mol. The fourth-order valence-electron chi connectivity index (χ4n) is 2.70. The average Bonchev–Trinajstić information content (AvgIpc) is 3.24. The maximum absolute atomic E-state index is 12.2. The third kappa shape index (κ3) is 5.31. The van der Waals surface area contributed by atoms with Gasteiger partial charge in [-0.05, 0) is 65.9 Å². The zero-order valence-electron chi connectivity index (χ0n) is 16.1. The second-order valence-electron chi connectivity index (χ2n) is 6.47. The Morgan fingerprint density at radius 3 is 2.35 bits per heavy atom. The van der Waals surface area contributed by atoms with Gasteiger partial charge in [-0.3, -0.25) is 4.79 Å². The van der Waals surface area contributed by atoms with Gasteiger partial charge >= 0.3 is 5.97 Å². The van der Waals surface area contributed by atoms with Crippen molar-refractivity contribution in [2.75, 3.05) is 5.32 Å². The van der Waals surface area contributed by atoms with E-state index in [1.807, 2.05) is 6.07 Å². The average molecular weight is 434 g/mol. The quantitative estimate of drug-likeness (QED) is 0.366. The Labute approximate surface area is 182 Å². The number of amides is 1. The predicted molar refractivity (Wildman–Crippen MR) is 115 cm³/mol. The van der Waals surface area contributed by atoms with Gasteiger partial charge in [-0.2, -0.15) is 4.80 Å². The summed E-state index contributed by atoms with van der Waals surface area (Å²) in [4.78, 5) is 25.5. The van der Waals surface area contributed by atoms with E-state index >= 15 is 0 Å². The summed E-state index contributed by atoms with van der Waals surface area (Å²) in [6.07, 6.45) is 0. The number of ether oxygens (including phenoxy) is 1. The number of anilines is 1. The van der Waals surface area contributed by atoms with Crippen LogP contribution in [0.4, 0.5) is 5.69 Å². The molecule has 0 fully saturated rings. The van der Waals surface area contributed by atoms with Gasteiger partial charge in [-0.1, -0.05) is 29.8 Å². The smallest absolute Gasteiger partial charge is 0.335 e. The van der Waals surface area contributed by atoms with E-state index in [9.17, 15) is 9.59 Å². The largest absolute Gasteiger partial charge is 0.425 e. The summed E-state index contributed by atoms with van der Waals surface area (Å²) in [6, 6.07) is 22.3. The van der Waals surface area contributed by atoms with Gasteiger partial charge in [0.15, 0.2) is 6.54 Å². The van der Waals surface area contributed by atoms with Crippen LogP contribution >= 0.6 is 11.6 Å². The standard InChI is InChI=1S/C22H16ClN5O3/c23-17-8-6-15(7-9-17)21-25-27-28(26-21)14-20(29)31-19-12-10-18(11-13-19)24-22(30)16-4-2-1-3-5-16/h1-13H,14H2,(H,24,30). The molecule has 8 nitrogen and oxygen atoms in total. The molecular formula is C22H16ClN5O3. The molecule has 3 aromatic carbocycles. The summed E-state index contributed by atoms with van der Waals surface area (Å²) >= 11 is 5.87. The number of nitrogens with one attached hydrogen (secondary N) is 1. The first-order valence-corrected chi connectivity index (χ1v) is 9.65. The zero-order valence-corrected chi connectivity index (χ0v) is 16.9. The van der Waals surface area contributed by atoms with E-state index in [0.717, 1.165) is 10.4 Å². The van der Waals surface area contributed by atoms with Crippen molar-refractivity contribution < 1.29 is 14.3 Å². The number of hydrogen-bond donors (Lipinski definition) is 1. The molecule has 4 aromatic rings. The third-order valence-electron chi connectivity index (χ3n) is 4.21. The number of rotatable bonds is 6. The molecule has 0 atom stereocenters. The monoisotopic (exact) mass is 433 g/mol. The second kappa shape index (κ2) is 9.19. The van der Waals surface area contributed by atoms with E-state index in [1.165, 1.54) is 0 Å². The second-order valence-corrected chi connectivity index (χ2v) is 6.91. The lowest BCUT2D eigenvalue weighted by atomic mass is 10.2. The molecule has 0 radical (unpaired) electrons. The number of nitrogens with zero attached hydrogens (tertiary/aromatic N) is 4. The van der Waals surface area contributed by atoms with Crippen molar-refractivity contribution in [3.63, 3.8) is 0 Å². The lowest BCUT2D eigenvalue weighted by Crippen LogP contribution is -2.18. The first-order chi connectivity index (χ1) is 15.1. The highest BCUT2D eigenvalue weighted by Crippen LogP contribution is 2.18. The maximum atomic E-state index is 12.2. The van der Waals surface area contributed by atoms with E-state index in [-0.39, 0.29) is 12.5 Å². The van der Waals surface area contributed by atoms with Crippen molar-refractivity contribution in [3.05, 3.63) is 89.4 Å². The normalized spacial score (nSPS) is 10.5. The molecule has 4 rings (SSSR count). The molecule has 0 saturated heterocycles. The van der Waals surface area contributed by atoms with Crippen LogP contribution in [-0.2, 0) is 11.3 Å². The molecule has 1 aromatic heterocycles. The van der Waals surface area contributed by atoms with Gasteiger partial charge in [0, 0.05) is 21.8 Å². The molecule has 154 valence electrons. The van der Waals surface area contributed by atoms with Crippen LogP contribution in [0, 0.1) is 0 Å². The van der Waals surface area contributed by atoms with Crippen molar-refractivity contribution in [3.8, 4) is 17.1 Å². The molecule has 1 N–H and O–H groups in total. The van der Waals surface area contributed by atoms with Crippen LogP contribution in [0.2, 0.25) is 5.02 Å². The number of esters is 1. The zero-order chi connectivity index (χ0) is 21.6. The lowest BCUT2D eigenvalue weighted by molar-refractivity contribution is -0.135. The fraction of sp³-hybridized carbons (Fsp3) is 0.0455. The summed E-state index contributed by atoms with van der Waals surface area (Å²) in [7, 11) is 0. The van der Waals surface area contributed by atoms with Gasteiger partial charge in [0.1, 0.15) is 5.75 Å². The Morgan fingerprint density at radius 2 is 1.65 bits per heavy atom. The Morgan fingerprint density at radius 1 is 0.935 bits per heavy atom. The van der Waals surface area contributed by atoms with E-state index in [2.05, 4.69) is 20.7 Å². The van der Waals surface area contributed by atoms with Gasteiger partial charge in [0.2, 0.25) is 5.82 Å². The summed E-state index contributed by atoms with van der Waals surface area (Å²) in [5.74, 6) is -0.0658. The molecule has 0 aliphatic heterocycles. The summed E-state index contributed by atoms with van der Waals surface area (Å²) in [5.41, 5.74) is 1.87. The number of benzene rings is 3. The van der Waals surface area contributed by atoms with Gasteiger partial charge in [-0.15, -0.1) is 10.2 Å². The fourth-order valence-corrected chi connectivity index (χ4v) is 2.83. The van der Waals surface area contributed by atoms with Crippen molar-refractivity contribution in [2.45, 2.75) is 6.54 Å². The van der Waals surface area contributed by atoms with E-state index in [1.54, 1.807) is 72.8 Å². The van der Waals surface area contributed by atoms with Gasteiger partial charge in [-0.25, -0.2) is 4.79 Å². The molecule has 0 saturated carbocycles. The minimum absolute atomic E-state index is 0.201. The number of carbonyl (C=O) groups is 2. The van der Waals surface area contributed by atoms with Crippen LogP contribution < -0.4 is 10.1 Å². The highest BCUT2D eigenvalue weighted by molar-refractivity contribution is 6.30. The third-order valence-corrected chi connectivity index (χ3v) is 4.46. The first kappa shape index (κ1) is 20.2. The maximum Gasteiger partial charge on any atom is 0.335 e. The number of carbonyl (C=O) groups excluding carboxylic acids is 2. The molecule has 9 heteroatoms. The van der Waals surface area contributed by atoms with Crippen LogP contribution in [-0.4, -0.2) is 32.1 Å². The molecule has 0 aliphatic rings. The summed E-state index contributed by atoms with van der Waals surface area (Å²) < 4.78 is 5.30. The Bertz CT molecular complexity index is 1190. The highest BCUT2D eigenvalue weighted by Gasteiger charge is 2.12. The Kier molecular flexibility index (Phi) is 6.00. The topological polar surface area (TPSA) is 99.0 Å². The minimum Gasteiger partial charge on any atom is -0.425 e. The highest BCUT2D eigenvalue weighted by atomic mass is 35.5. The van der Waals surface area contributed by atoms with Gasteiger partial charge in [0.25, 0.3) is 5.91 Å². The van der Waals surface area contributed by atoms with Crippen molar-refractivity contribution in [1.29, 1.82) is 0 Å².